The van der Waals surface area contributed by atoms with E-state index < -0.39 is 0 Å². The molecule has 0 saturated carbocycles. The third-order valence-corrected chi connectivity index (χ3v) is 3.57. The monoisotopic (exact) mass is 293 g/mol. The van der Waals surface area contributed by atoms with E-state index in [1.807, 2.05) is 0 Å². The number of alkyl halides is 1. The van der Waals surface area contributed by atoms with E-state index in [1.165, 1.54) is 0 Å². The minimum atomic E-state index is -0.202. The van der Waals surface area contributed by atoms with Crippen LogP contribution in [0.4, 0.5) is 0 Å². The topological polar surface area (TPSA) is 33.5 Å². The summed E-state index contributed by atoms with van der Waals surface area (Å²) in [7, 11) is 0. The van der Waals surface area contributed by atoms with Crippen molar-refractivity contribution in [1.29, 1.82) is 0 Å². The lowest BCUT2D eigenvalue weighted by Crippen LogP contribution is -2.37. The van der Waals surface area contributed by atoms with Crippen molar-refractivity contribution in [1.82, 2.24) is 5.32 Å². The van der Waals surface area contributed by atoms with Crippen LogP contribution in [-0.2, 0) is 4.79 Å². The van der Waals surface area contributed by atoms with Crippen LogP contribution in [0.1, 0.15) is 40.5 Å². The van der Waals surface area contributed by atoms with Crippen molar-refractivity contribution in [2.45, 2.75) is 40.5 Å². The summed E-state index contributed by atoms with van der Waals surface area (Å²) in [5.41, 5.74) is 1.77. The Hall–Kier alpha value is -1.45. The zero-order valence-corrected chi connectivity index (χ0v) is 13.4. The van der Waals surface area contributed by atoms with Crippen molar-refractivity contribution < 1.29 is 4.79 Å². The Balaban J connectivity index is 3.24. The van der Waals surface area contributed by atoms with Gasteiger partial charge in [0.15, 0.2) is 0 Å². The molecule has 1 N–H and O–H groups in total. The maximum atomic E-state index is 11.6. The van der Waals surface area contributed by atoms with E-state index in [4.69, 9.17) is 18.0 Å². The third kappa shape index (κ3) is 4.29. The Morgan fingerprint density at radius 3 is 2.65 bits per heavy atom. The molecule has 1 amide bonds. The molecule has 1 rings (SSSR count). The lowest BCUT2D eigenvalue weighted by atomic mass is 9.64. The number of rotatable bonds is 2. The fraction of sp³-hybridized carbons (Fsp3) is 0.625. The summed E-state index contributed by atoms with van der Waals surface area (Å²) in [6.45, 7) is 8.94. The van der Waals surface area contributed by atoms with Gasteiger partial charge in [0.1, 0.15) is 11.5 Å². The van der Waals surface area contributed by atoms with Gasteiger partial charge in [0.2, 0.25) is 5.91 Å². The minimum absolute atomic E-state index is 0.0564. The molecule has 20 heavy (non-hydrogen) atoms. The molecule has 0 atom stereocenters. The van der Waals surface area contributed by atoms with Crippen LogP contribution in [0.15, 0.2) is 11.3 Å². The Bertz CT molecular complexity index is 527. The number of carbonyl (C=O) groups excluding carboxylic acids is 1. The van der Waals surface area contributed by atoms with E-state index in [1.54, 1.807) is 0 Å². The molecule has 3 nitrogen and oxygen atoms in total. The normalized spacial score (nSPS) is 19.6. The van der Waals surface area contributed by atoms with Gasteiger partial charge >= 0.3 is 12.6 Å². The van der Waals surface area contributed by atoms with Crippen molar-refractivity contribution in [2.75, 3.05) is 12.4 Å². The third-order valence-electron chi connectivity index (χ3n) is 3.33. The standard InChI is InChI=1S/C16H21ClN2O/c1-6-7-18-10-12-13(19-14(20)9-17)8-15(2,3)11-16(12,4)5/h1H,7-9,11H2,2-5H3/p+1. The van der Waals surface area contributed by atoms with Crippen LogP contribution in [0.25, 0.3) is 4.85 Å². The molecule has 0 radical (unpaired) electrons. The van der Waals surface area contributed by atoms with Gasteiger partial charge < -0.3 is 5.32 Å². The molecule has 4 heteroatoms. The molecule has 0 fully saturated rings. The highest BCUT2D eigenvalue weighted by Crippen LogP contribution is 2.48. The van der Waals surface area contributed by atoms with Crippen LogP contribution in [0, 0.1) is 29.2 Å². The molecule has 1 aliphatic carbocycles. The van der Waals surface area contributed by atoms with Gasteiger partial charge in [-0.15, -0.1) is 18.0 Å². The average molecular weight is 294 g/mol. The second-order valence-electron chi connectivity index (χ2n) is 6.57. The molecule has 0 aliphatic heterocycles. The number of terminal acetylenes is 1. The summed E-state index contributed by atoms with van der Waals surface area (Å²) in [6, 6.07) is 3.03. The van der Waals surface area contributed by atoms with E-state index in [9.17, 15) is 4.79 Å². The van der Waals surface area contributed by atoms with E-state index in [0.29, 0.717) is 6.54 Å². The smallest absolute Gasteiger partial charge is 0.323 e. The zero-order chi connectivity index (χ0) is 15.4. The van der Waals surface area contributed by atoms with Crippen LogP contribution < -0.4 is 5.32 Å². The van der Waals surface area contributed by atoms with Gasteiger partial charge in [-0.1, -0.05) is 32.5 Å². The second kappa shape index (κ2) is 6.33. The van der Waals surface area contributed by atoms with E-state index in [-0.39, 0.29) is 22.6 Å². The molecule has 0 bridgehead atoms. The number of hydrogen-bond acceptors (Lipinski definition) is 1. The van der Waals surface area contributed by atoms with Crippen molar-refractivity contribution in [3.8, 4) is 18.4 Å². The van der Waals surface area contributed by atoms with Crippen molar-refractivity contribution in [2.24, 2.45) is 10.8 Å². The number of amides is 1. The van der Waals surface area contributed by atoms with Crippen molar-refractivity contribution in [3.63, 3.8) is 0 Å². The van der Waals surface area contributed by atoms with Gasteiger partial charge in [-0.25, -0.2) is 0 Å². The van der Waals surface area contributed by atoms with Crippen molar-refractivity contribution >= 4 is 17.5 Å². The summed E-state index contributed by atoms with van der Waals surface area (Å²) < 4.78 is 0. The highest BCUT2D eigenvalue weighted by atomic mass is 35.5. The molecular formula is C16H22ClN2O+. The molecule has 1 aliphatic rings. The first kappa shape index (κ1) is 16.6. The molecule has 0 aromatic rings. The minimum Gasteiger partial charge on any atom is -0.328 e. The predicted octanol–water partition coefficient (Wildman–Crippen LogP) is 3.41. The van der Waals surface area contributed by atoms with Gasteiger partial charge in [0.25, 0.3) is 0 Å². The Labute approximate surface area is 126 Å². The second-order valence-corrected chi connectivity index (χ2v) is 6.84. The summed E-state index contributed by atoms with van der Waals surface area (Å²) in [4.78, 5) is 15.7. The SMILES string of the molecule is C#CC[N+]#CC1=C(NC(=O)CCl)CC(C)(C)CC1(C)C. The van der Waals surface area contributed by atoms with Crippen LogP contribution in [-0.4, -0.2) is 18.3 Å². The Morgan fingerprint density at radius 1 is 1.45 bits per heavy atom. The fourth-order valence-corrected chi connectivity index (χ4v) is 3.08. The molecule has 0 heterocycles. The van der Waals surface area contributed by atoms with Gasteiger partial charge in [0, 0.05) is 11.1 Å². The Morgan fingerprint density at radius 2 is 2.10 bits per heavy atom. The zero-order valence-electron chi connectivity index (χ0n) is 12.6. The average Bonchev–Trinajstić information content (AvgIpc) is 2.30. The number of nitrogens with one attached hydrogen (secondary N) is 1. The summed E-state index contributed by atoms with van der Waals surface area (Å²) >= 11 is 5.58. The van der Waals surface area contributed by atoms with E-state index in [2.05, 4.69) is 49.8 Å². The first-order valence-electron chi connectivity index (χ1n) is 6.67. The number of allylic oxidation sites excluding steroid dienone is 2. The van der Waals surface area contributed by atoms with Gasteiger partial charge in [-0.3, -0.25) is 4.79 Å². The molecule has 0 aromatic heterocycles. The van der Waals surface area contributed by atoms with Crippen LogP contribution in [0.2, 0.25) is 0 Å². The quantitative estimate of drug-likeness (QED) is 0.614. The first-order chi connectivity index (χ1) is 9.22. The van der Waals surface area contributed by atoms with Gasteiger partial charge in [-0.05, 0) is 24.2 Å². The lowest BCUT2D eigenvalue weighted by molar-refractivity contribution is -0.118. The van der Waals surface area contributed by atoms with Crippen LogP contribution in [0.5, 0.6) is 0 Å². The number of carbonyl (C=O) groups is 1. The van der Waals surface area contributed by atoms with E-state index in [0.717, 1.165) is 24.1 Å². The molecule has 0 saturated heterocycles. The first-order valence-corrected chi connectivity index (χ1v) is 7.21. The molecule has 0 aromatic carbocycles. The van der Waals surface area contributed by atoms with E-state index >= 15 is 0 Å². The summed E-state index contributed by atoms with van der Waals surface area (Å²) in [6.07, 6.45) is 6.97. The maximum absolute atomic E-state index is 11.6. The highest BCUT2D eigenvalue weighted by Gasteiger charge is 2.41. The fourth-order valence-electron chi connectivity index (χ4n) is 3.01. The lowest BCUT2D eigenvalue weighted by Gasteiger charge is -2.40. The number of hydrogen-bond donors (Lipinski definition) is 1. The van der Waals surface area contributed by atoms with Crippen LogP contribution in [0.3, 0.4) is 0 Å². The number of halogens is 1. The maximum Gasteiger partial charge on any atom is 0.323 e. The predicted molar refractivity (Wildman–Crippen MR) is 83.6 cm³/mol. The number of nitrogens with zero attached hydrogens (tertiary/aromatic N) is 1. The van der Waals surface area contributed by atoms with Gasteiger partial charge in [-0.2, -0.15) is 0 Å². The largest absolute Gasteiger partial charge is 0.328 e. The molecular weight excluding hydrogens is 272 g/mol. The summed E-state index contributed by atoms with van der Waals surface area (Å²) in [5, 5.41) is 2.89. The summed E-state index contributed by atoms with van der Waals surface area (Å²) in [5.74, 6) is 2.20. The van der Waals surface area contributed by atoms with Gasteiger partial charge in [0.05, 0.1) is 0 Å². The van der Waals surface area contributed by atoms with Crippen LogP contribution >= 0.6 is 11.6 Å². The molecule has 108 valence electrons. The molecule has 0 unspecified atom stereocenters. The Kier molecular flexibility index (Phi) is 5.26. The highest BCUT2D eigenvalue weighted by molar-refractivity contribution is 6.27. The molecule has 0 spiro atoms. The van der Waals surface area contributed by atoms with Crippen molar-refractivity contribution in [3.05, 3.63) is 16.1 Å².